The molecule has 0 aromatic heterocycles. The first-order valence-electron chi connectivity index (χ1n) is 10.3. The number of guanidine groups is 1. The third-order valence-corrected chi connectivity index (χ3v) is 6.99. The molecule has 6 nitrogen and oxygen atoms in total. The molecule has 0 radical (unpaired) electrons. The molecule has 2 spiro atoms. The summed E-state index contributed by atoms with van der Waals surface area (Å²) in [6.45, 7) is 0. The molecule has 2 aromatic carbocycles. The monoisotopic (exact) mass is 390 g/mol. The number of aliphatic imine (C=N–C) groups is 1. The van der Waals surface area contributed by atoms with Crippen LogP contribution in [0.15, 0.2) is 47.5 Å². The number of hydrazine groups is 1. The molecule has 1 amide bonds. The van der Waals surface area contributed by atoms with Gasteiger partial charge in [-0.15, -0.1) is 0 Å². The Balaban J connectivity index is 1.69. The summed E-state index contributed by atoms with van der Waals surface area (Å²) in [5.74, 6) is 6.74. The molecule has 1 heterocycles. The molecular formula is C23H26N4O2. The highest BCUT2D eigenvalue weighted by molar-refractivity contribution is 6.09. The molecule has 0 saturated heterocycles. The Hall–Kier alpha value is -2.86. The number of amides is 1. The number of carbonyl (C=O) groups excluding carboxylic acids is 1. The lowest BCUT2D eigenvalue weighted by molar-refractivity contribution is -0.129. The minimum atomic E-state index is -0.903. The number of fused-ring (bicyclic) bond motifs is 3. The second-order valence-corrected chi connectivity index (χ2v) is 8.39. The molecule has 1 atom stereocenters. The third-order valence-electron chi connectivity index (χ3n) is 6.99. The molecule has 0 bridgehead atoms. The van der Waals surface area contributed by atoms with Crippen molar-refractivity contribution in [2.24, 2.45) is 16.3 Å². The van der Waals surface area contributed by atoms with Gasteiger partial charge in [-0.05, 0) is 59.7 Å². The third kappa shape index (κ3) is 2.52. The number of ether oxygens (including phenoxy) is 1. The number of rotatable bonds is 2. The largest absolute Gasteiger partial charge is 0.497 e. The Morgan fingerprint density at radius 3 is 2.62 bits per heavy atom. The highest BCUT2D eigenvalue weighted by Gasteiger charge is 2.64. The summed E-state index contributed by atoms with van der Waals surface area (Å²) in [4.78, 5) is 18.3. The summed E-state index contributed by atoms with van der Waals surface area (Å²) in [7, 11) is 1.67. The molecule has 150 valence electrons. The number of nitrogens with two attached hydrogens (primary N) is 1. The highest BCUT2D eigenvalue weighted by atomic mass is 16.5. The van der Waals surface area contributed by atoms with Crippen molar-refractivity contribution in [2.45, 2.75) is 44.1 Å². The normalized spacial score (nSPS) is 24.3. The minimum Gasteiger partial charge on any atom is -0.497 e. The van der Waals surface area contributed by atoms with E-state index in [0.29, 0.717) is 5.96 Å². The second-order valence-electron chi connectivity index (χ2n) is 8.39. The summed E-state index contributed by atoms with van der Waals surface area (Å²) in [6.07, 6.45) is 6.38. The van der Waals surface area contributed by atoms with E-state index in [1.807, 2.05) is 18.2 Å². The molecule has 2 aliphatic carbocycles. The zero-order chi connectivity index (χ0) is 20.1. The van der Waals surface area contributed by atoms with E-state index in [-0.39, 0.29) is 11.3 Å². The van der Waals surface area contributed by atoms with Gasteiger partial charge in [-0.2, -0.15) is 0 Å². The summed E-state index contributed by atoms with van der Waals surface area (Å²) in [6, 6.07) is 14.5. The maximum atomic E-state index is 13.4. The van der Waals surface area contributed by atoms with Crippen LogP contribution in [0.2, 0.25) is 0 Å². The van der Waals surface area contributed by atoms with Gasteiger partial charge in [0.15, 0.2) is 5.54 Å². The van der Waals surface area contributed by atoms with Crippen molar-refractivity contribution in [3.8, 4) is 16.9 Å². The van der Waals surface area contributed by atoms with Gasteiger partial charge >= 0.3 is 0 Å². The lowest BCUT2D eigenvalue weighted by Crippen LogP contribution is -2.50. The quantitative estimate of drug-likeness (QED) is 0.543. The van der Waals surface area contributed by atoms with E-state index in [0.717, 1.165) is 54.5 Å². The SMILES string of the molecule is COc1cccc(-c2ccc3c(c2)C2(N=C(NN)NC2=O)C2(CCCCC2)C3)c1. The Kier molecular flexibility index (Phi) is 4.13. The smallest absolute Gasteiger partial charge is 0.259 e. The van der Waals surface area contributed by atoms with E-state index >= 15 is 0 Å². The molecule has 1 fully saturated rings. The van der Waals surface area contributed by atoms with Crippen LogP contribution in [0.1, 0.15) is 43.2 Å². The van der Waals surface area contributed by atoms with Crippen LogP contribution < -0.4 is 21.3 Å². The number of methoxy groups -OCH3 is 1. The van der Waals surface area contributed by atoms with E-state index in [2.05, 4.69) is 35.0 Å². The number of nitrogens with zero attached hydrogens (tertiary/aromatic N) is 1. The van der Waals surface area contributed by atoms with Gasteiger partial charge in [0.1, 0.15) is 5.75 Å². The average molecular weight is 390 g/mol. The topological polar surface area (TPSA) is 88.7 Å². The molecule has 6 heteroatoms. The Bertz CT molecular complexity index is 1010. The second kappa shape index (κ2) is 6.59. The van der Waals surface area contributed by atoms with E-state index in [4.69, 9.17) is 15.6 Å². The van der Waals surface area contributed by atoms with Crippen LogP contribution in [-0.4, -0.2) is 19.0 Å². The van der Waals surface area contributed by atoms with Crippen molar-refractivity contribution in [3.63, 3.8) is 0 Å². The summed E-state index contributed by atoms with van der Waals surface area (Å²) in [5.41, 5.74) is 5.84. The van der Waals surface area contributed by atoms with Crippen LogP contribution in [-0.2, 0) is 16.8 Å². The first kappa shape index (κ1) is 18.2. The van der Waals surface area contributed by atoms with Gasteiger partial charge in [-0.3, -0.25) is 15.5 Å². The molecule has 1 unspecified atom stereocenters. The van der Waals surface area contributed by atoms with Crippen molar-refractivity contribution < 1.29 is 9.53 Å². The fraction of sp³-hybridized carbons (Fsp3) is 0.391. The van der Waals surface area contributed by atoms with Crippen molar-refractivity contribution in [1.29, 1.82) is 0 Å². The Morgan fingerprint density at radius 2 is 1.90 bits per heavy atom. The van der Waals surface area contributed by atoms with Crippen molar-refractivity contribution in [1.82, 2.24) is 10.7 Å². The first-order valence-corrected chi connectivity index (χ1v) is 10.3. The zero-order valence-corrected chi connectivity index (χ0v) is 16.6. The molecule has 4 N–H and O–H groups in total. The van der Waals surface area contributed by atoms with Gasteiger partial charge in [0.2, 0.25) is 5.96 Å². The molecule has 1 saturated carbocycles. The fourth-order valence-electron chi connectivity index (χ4n) is 5.65. The average Bonchev–Trinajstić information content (AvgIpc) is 3.24. The molecule has 1 aliphatic heterocycles. The Labute approximate surface area is 170 Å². The number of hydrogen-bond donors (Lipinski definition) is 3. The summed E-state index contributed by atoms with van der Waals surface area (Å²) in [5, 5.41) is 2.88. The molecule has 3 aliphatic rings. The predicted octanol–water partition coefficient (Wildman–Crippen LogP) is 3.01. The summed E-state index contributed by atoms with van der Waals surface area (Å²) < 4.78 is 5.39. The molecule has 5 rings (SSSR count). The van der Waals surface area contributed by atoms with Gasteiger partial charge in [-0.25, -0.2) is 10.8 Å². The van der Waals surface area contributed by atoms with E-state index in [1.54, 1.807) is 7.11 Å². The number of nitrogens with one attached hydrogen (secondary N) is 2. The first-order chi connectivity index (χ1) is 14.1. The van der Waals surface area contributed by atoms with Crippen LogP contribution >= 0.6 is 0 Å². The van der Waals surface area contributed by atoms with Gasteiger partial charge < -0.3 is 4.74 Å². The summed E-state index contributed by atoms with van der Waals surface area (Å²) >= 11 is 0. The highest BCUT2D eigenvalue weighted by Crippen LogP contribution is 2.61. The standard InChI is InChI=1S/C23H26N4O2/c1-29-18-7-5-6-15(12-18)16-8-9-17-14-22(10-3-2-4-11-22)23(19(17)13-16)20(28)25-21(26-23)27-24/h5-9,12-13H,2-4,10-11,14,24H2,1H3,(H2,25,26,27,28). The van der Waals surface area contributed by atoms with Crippen LogP contribution in [0.5, 0.6) is 5.75 Å². The predicted molar refractivity (Wildman–Crippen MR) is 112 cm³/mol. The van der Waals surface area contributed by atoms with E-state index < -0.39 is 5.54 Å². The van der Waals surface area contributed by atoms with Crippen LogP contribution in [0.25, 0.3) is 11.1 Å². The van der Waals surface area contributed by atoms with Gasteiger partial charge in [0.05, 0.1) is 7.11 Å². The van der Waals surface area contributed by atoms with Gasteiger partial charge in [0, 0.05) is 5.41 Å². The number of hydrogen-bond acceptors (Lipinski definition) is 5. The van der Waals surface area contributed by atoms with Crippen LogP contribution in [0.3, 0.4) is 0 Å². The molecular weight excluding hydrogens is 364 g/mol. The maximum Gasteiger partial charge on any atom is 0.259 e. The zero-order valence-electron chi connectivity index (χ0n) is 16.6. The van der Waals surface area contributed by atoms with Crippen molar-refractivity contribution >= 4 is 11.9 Å². The fourth-order valence-corrected chi connectivity index (χ4v) is 5.65. The van der Waals surface area contributed by atoms with Gasteiger partial charge in [-0.1, -0.05) is 43.5 Å². The minimum absolute atomic E-state index is 0.0612. The maximum absolute atomic E-state index is 13.4. The van der Waals surface area contributed by atoms with Crippen LogP contribution in [0, 0.1) is 5.41 Å². The van der Waals surface area contributed by atoms with E-state index in [9.17, 15) is 4.79 Å². The number of benzene rings is 2. The van der Waals surface area contributed by atoms with Crippen molar-refractivity contribution in [2.75, 3.05) is 7.11 Å². The molecule has 29 heavy (non-hydrogen) atoms. The number of carbonyl (C=O) groups is 1. The van der Waals surface area contributed by atoms with E-state index in [1.165, 1.54) is 12.0 Å². The lowest BCUT2D eigenvalue weighted by Gasteiger charge is -2.43. The van der Waals surface area contributed by atoms with Crippen LogP contribution in [0.4, 0.5) is 0 Å². The Morgan fingerprint density at radius 1 is 1.10 bits per heavy atom. The molecule has 2 aromatic rings. The van der Waals surface area contributed by atoms with Crippen molar-refractivity contribution in [3.05, 3.63) is 53.6 Å². The van der Waals surface area contributed by atoms with Gasteiger partial charge in [0.25, 0.3) is 5.91 Å². The lowest BCUT2D eigenvalue weighted by atomic mass is 9.62.